The average Bonchev–Trinajstić information content (AvgIpc) is 3.74. The summed E-state index contributed by atoms with van der Waals surface area (Å²) >= 11 is 1.55. The van der Waals surface area contributed by atoms with Crippen molar-refractivity contribution in [3.8, 4) is 11.4 Å². The number of fused-ring (bicyclic) bond motifs is 1. The van der Waals surface area contributed by atoms with E-state index in [1.807, 2.05) is 43.3 Å². The maximum Gasteiger partial charge on any atom is 0.251 e. The predicted octanol–water partition coefficient (Wildman–Crippen LogP) is 4.57. The molecule has 2 aliphatic rings. The normalized spacial score (nSPS) is 15.9. The fourth-order valence-corrected chi connectivity index (χ4v) is 6.20. The van der Waals surface area contributed by atoms with Gasteiger partial charge < -0.3 is 20.6 Å². The molecular weight excluding hydrogens is 532 g/mol. The molecule has 1 amide bonds. The predicted molar refractivity (Wildman–Crippen MR) is 165 cm³/mol. The smallest absolute Gasteiger partial charge is 0.251 e. The molecule has 1 spiro atoms. The van der Waals surface area contributed by atoms with Gasteiger partial charge in [0.25, 0.3) is 5.91 Å². The first-order chi connectivity index (χ1) is 19.8. The first-order valence-electron chi connectivity index (χ1n) is 14.2. The molecule has 1 aliphatic heterocycles. The standard InChI is InChI=1S/C32H36N6O2S/c1-20-4-5-23(15-28(20)41-13-12-39)31(40)34-18-25-16-27-24(17-33-25)6-7-26(36-27)30-22(3)21(2)14-29(37-30)38-11-10-35-32(19-38)8-9-32/h4-7,14-17,35,39H,8-13,18-19H2,1-3H3,(H,34,40). The second-order valence-corrected chi connectivity index (χ2v) is 12.3. The van der Waals surface area contributed by atoms with Gasteiger partial charge in [-0.15, -0.1) is 11.8 Å². The summed E-state index contributed by atoms with van der Waals surface area (Å²) in [5, 5.41) is 16.8. The summed E-state index contributed by atoms with van der Waals surface area (Å²) in [5.41, 5.74) is 7.60. The Bertz CT molecular complexity index is 1620. The molecule has 212 valence electrons. The maximum atomic E-state index is 12.9. The number of hydrogen-bond acceptors (Lipinski definition) is 8. The van der Waals surface area contributed by atoms with Crippen LogP contribution in [0.1, 0.15) is 45.6 Å². The number of carbonyl (C=O) groups excluding carboxylic acids is 1. The van der Waals surface area contributed by atoms with Crippen molar-refractivity contribution < 1.29 is 9.90 Å². The molecule has 0 bridgehead atoms. The number of aromatic nitrogens is 3. The molecule has 1 aliphatic carbocycles. The Morgan fingerprint density at radius 1 is 1.10 bits per heavy atom. The number of rotatable bonds is 8. The van der Waals surface area contributed by atoms with Crippen LogP contribution in [0.15, 0.2) is 53.6 Å². The highest BCUT2D eigenvalue weighted by atomic mass is 32.2. The number of nitrogens with zero attached hydrogens (tertiary/aromatic N) is 4. The molecule has 0 atom stereocenters. The summed E-state index contributed by atoms with van der Waals surface area (Å²) in [7, 11) is 0. The molecule has 2 fully saturated rings. The fourth-order valence-electron chi connectivity index (χ4n) is 5.38. The van der Waals surface area contributed by atoms with E-state index in [2.05, 4.69) is 40.4 Å². The van der Waals surface area contributed by atoms with Gasteiger partial charge in [0.1, 0.15) is 5.82 Å². The molecule has 8 nitrogen and oxygen atoms in total. The van der Waals surface area contributed by atoms with E-state index in [0.717, 1.165) is 69.5 Å². The van der Waals surface area contributed by atoms with Gasteiger partial charge in [-0.3, -0.25) is 9.78 Å². The zero-order valence-electron chi connectivity index (χ0n) is 23.8. The van der Waals surface area contributed by atoms with Gasteiger partial charge in [-0.05, 0) is 86.7 Å². The first kappa shape index (κ1) is 27.6. The lowest BCUT2D eigenvalue weighted by molar-refractivity contribution is 0.0950. The van der Waals surface area contributed by atoms with Crippen LogP contribution >= 0.6 is 11.8 Å². The molecule has 4 aromatic rings. The van der Waals surface area contributed by atoms with Crippen LogP contribution in [0.3, 0.4) is 0 Å². The van der Waals surface area contributed by atoms with E-state index >= 15 is 0 Å². The molecule has 0 unspecified atom stereocenters. The van der Waals surface area contributed by atoms with Crippen LogP contribution in [0.5, 0.6) is 0 Å². The van der Waals surface area contributed by atoms with Gasteiger partial charge in [0.2, 0.25) is 0 Å². The van der Waals surface area contributed by atoms with Crippen molar-refractivity contribution in [1.82, 2.24) is 25.6 Å². The first-order valence-corrected chi connectivity index (χ1v) is 15.2. The van der Waals surface area contributed by atoms with E-state index in [-0.39, 0.29) is 18.1 Å². The third-order valence-corrected chi connectivity index (χ3v) is 9.31. The van der Waals surface area contributed by atoms with Crippen LogP contribution in [0.25, 0.3) is 22.3 Å². The van der Waals surface area contributed by atoms with E-state index in [1.54, 1.807) is 18.0 Å². The largest absolute Gasteiger partial charge is 0.396 e. The minimum absolute atomic E-state index is 0.0986. The van der Waals surface area contributed by atoms with Crippen LogP contribution in [0.4, 0.5) is 5.82 Å². The van der Waals surface area contributed by atoms with Crippen molar-refractivity contribution in [1.29, 1.82) is 0 Å². The summed E-state index contributed by atoms with van der Waals surface area (Å²) < 4.78 is 0. The summed E-state index contributed by atoms with van der Waals surface area (Å²) in [5.74, 6) is 1.45. The molecule has 1 saturated carbocycles. The van der Waals surface area contributed by atoms with Crippen LogP contribution < -0.4 is 15.5 Å². The van der Waals surface area contributed by atoms with Crippen LogP contribution in [-0.2, 0) is 6.54 Å². The van der Waals surface area contributed by atoms with Gasteiger partial charge in [0, 0.05) is 53.0 Å². The second-order valence-electron chi connectivity index (χ2n) is 11.2. The number of amides is 1. The highest BCUT2D eigenvalue weighted by molar-refractivity contribution is 7.99. The third kappa shape index (κ3) is 5.93. The minimum atomic E-state index is -0.160. The Kier molecular flexibility index (Phi) is 7.68. The fraction of sp³-hybridized carbons (Fsp3) is 0.375. The Hall–Kier alpha value is -3.53. The van der Waals surface area contributed by atoms with Crippen molar-refractivity contribution in [2.24, 2.45) is 0 Å². The molecule has 4 heterocycles. The Labute approximate surface area is 245 Å². The topological polar surface area (TPSA) is 103 Å². The Morgan fingerprint density at radius 2 is 1.95 bits per heavy atom. The lowest BCUT2D eigenvalue weighted by atomic mass is 10.0. The number of thioether (sulfide) groups is 1. The van der Waals surface area contributed by atoms with Crippen LogP contribution in [0, 0.1) is 20.8 Å². The number of piperazine rings is 1. The molecule has 41 heavy (non-hydrogen) atoms. The van der Waals surface area contributed by atoms with Gasteiger partial charge >= 0.3 is 0 Å². The Balaban J connectivity index is 1.22. The van der Waals surface area contributed by atoms with Gasteiger partial charge in [-0.2, -0.15) is 0 Å². The number of nitrogens with one attached hydrogen (secondary N) is 2. The highest BCUT2D eigenvalue weighted by Gasteiger charge is 2.45. The lowest BCUT2D eigenvalue weighted by Gasteiger charge is -2.35. The number of hydrogen-bond donors (Lipinski definition) is 3. The molecule has 6 rings (SSSR count). The zero-order valence-corrected chi connectivity index (χ0v) is 24.6. The molecule has 1 aromatic carbocycles. The quantitative estimate of drug-likeness (QED) is 0.266. The van der Waals surface area contributed by atoms with Gasteiger partial charge in [-0.1, -0.05) is 6.07 Å². The monoisotopic (exact) mass is 568 g/mol. The molecule has 3 N–H and O–H groups in total. The maximum absolute atomic E-state index is 12.9. The molecular formula is C32H36N6O2S. The SMILES string of the molecule is Cc1ccc(C(=O)NCc2cc3nc(-c4nc(N5CCNC6(CC6)C5)cc(C)c4C)ccc3cn2)cc1SCCO. The van der Waals surface area contributed by atoms with E-state index < -0.39 is 0 Å². The van der Waals surface area contributed by atoms with Crippen LogP contribution in [-0.4, -0.2) is 63.5 Å². The second kappa shape index (κ2) is 11.4. The molecule has 3 aromatic heterocycles. The van der Waals surface area contributed by atoms with Crippen molar-refractivity contribution in [2.45, 2.75) is 50.6 Å². The van der Waals surface area contributed by atoms with Gasteiger partial charge in [-0.25, -0.2) is 9.97 Å². The lowest BCUT2D eigenvalue weighted by Crippen LogP contribution is -2.52. The van der Waals surface area contributed by atoms with Crippen molar-refractivity contribution in [3.63, 3.8) is 0 Å². The number of anilines is 1. The summed E-state index contributed by atoms with van der Waals surface area (Å²) in [4.78, 5) is 31.0. The van der Waals surface area contributed by atoms with Gasteiger partial charge in [0.05, 0.1) is 35.8 Å². The summed E-state index contributed by atoms with van der Waals surface area (Å²) in [6, 6.07) is 13.8. The summed E-state index contributed by atoms with van der Waals surface area (Å²) in [6.45, 7) is 9.59. The average molecular weight is 569 g/mol. The molecule has 9 heteroatoms. The molecule has 1 saturated heterocycles. The van der Waals surface area contributed by atoms with E-state index in [1.165, 1.54) is 18.4 Å². The van der Waals surface area contributed by atoms with Crippen molar-refractivity contribution in [2.75, 3.05) is 36.9 Å². The minimum Gasteiger partial charge on any atom is -0.396 e. The number of aliphatic hydroxyl groups is 1. The van der Waals surface area contributed by atoms with E-state index in [9.17, 15) is 4.79 Å². The highest BCUT2D eigenvalue weighted by Crippen LogP contribution is 2.39. The Morgan fingerprint density at radius 3 is 2.76 bits per heavy atom. The zero-order chi connectivity index (χ0) is 28.6. The van der Waals surface area contributed by atoms with E-state index in [4.69, 9.17) is 15.1 Å². The number of aliphatic hydroxyl groups excluding tert-OH is 1. The molecule has 0 radical (unpaired) electrons. The number of pyridine rings is 3. The summed E-state index contributed by atoms with van der Waals surface area (Å²) in [6.07, 6.45) is 4.28. The number of carbonyl (C=O) groups is 1. The van der Waals surface area contributed by atoms with Gasteiger partial charge in [0.15, 0.2) is 0 Å². The van der Waals surface area contributed by atoms with Crippen molar-refractivity contribution in [3.05, 3.63) is 76.6 Å². The van der Waals surface area contributed by atoms with E-state index in [0.29, 0.717) is 17.9 Å². The number of benzene rings is 1. The number of aryl methyl sites for hydroxylation is 2. The van der Waals surface area contributed by atoms with Crippen LogP contribution in [0.2, 0.25) is 0 Å². The van der Waals surface area contributed by atoms with Crippen molar-refractivity contribution >= 4 is 34.4 Å². The third-order valence-electron chi connectivity index (χ3n) is 8.17.